The molecule has 1 aromatic heterocycles. The zero-order chi connectivity index (χ0) is 15.4. The van der Waals surface area contributed by atoms with Gasteiger partial charge in [-0.05, 0) is 41.6 Å². The molecule has 0 spiro atoms. The highest BCUT2D eigenvalue weighted by Gasteiger charge is 2.21. The highest BCUT2D eigenvalue weighted by atomic mass is 32.1. The lowest BCUT2D eigenvalue weighted by Crippen LogP contribution is -2.29. The van der Waals surface area contributed by atoms with E-state index < -0.39 is 0 Å². The molecular formula is C14H19FN4OS. The molecule has 0 aliphatic heterocycles. The third-order valence-corrected chi connectivity index (χ3v) is 4.11. The first-order valence-corrected chi connectivity index (χ1v) is 7.44. The van der Waals surface area contributed by atoms with Crippen LogP contribution < -0.4 is 16.0 Å². The third-order valence-electron chi connectivity index (χ3n) is 3.26. The van der Waals surface area contributed by atoms with Crippen LogP contribution in [-0.4, -0.2) is 16.7 Å². The van der Waals surface area contributed by atoms with Crippen molar-refractivity contribution in [2.24, 2.45) is 5.84 Å². The van der Waals surface area contributed by atoms with Crippen LogP contribution in [0, 0.1) is 5.82 Å². The average molecular weight is 310 g/mol. The van der Waals surface area contributed by atoms with Gasteiger partial charge in [0.25, 0.3) is 0 Å². The molecular weight excluding hydrogens is 291 g/mol. The van der Waals surface area contributed by atoms with E-state index in [-0.39, 0.29) is 23.5 Å². The second-order valence-corrected chi connectivity index (χ2v) is 5.86. The summed E-state index contributed by atoms with van der Waals surface area (Å²) in [6.45, 7) is 4.11. The van der Waals surface area contributed by atoms with Crippen molar-refractivity contribution in [3.05, 3.63) is 40.2 Å². The van der Waals surface area contributed by atoms with Crippen molar-refractivity contribution in [2.75, 3.05) is 7.11 Å². The van der Waals surface area contributed by atoms with Crippen LogP contribution in [-0.2, 0) is 6.42 Å². The lowest BCUT2D eigenvalue weighted by Gasteiger charge is -2.16. The molecule has 7 heteroatoms. The SMILES string of the molecule is COc1ccc(CC(NN)c2snnc2C(C)C)cc1F. The Bertz CT molecular complexity index is 602. The smallest absolute Gasteiger partial charge is 0.165 e. The minimum absolute atomic E-state index is 0.143. The lowest BCUT2D eigenvalue weighted by atomic mass is 10.0. The first kappa shape index (κ1) is 15.8. The number of halogens is 1. The van der Waals surface area contributed by atoms with Crippen LogP contribution in [0.4, 0.5) is 4.39 Å². The first-order chi connectivity index (χ1) is 10.1. The van der Waals surface area contributed by atoms with Crippen molar-refractivity contribution in [1.29, 1.82) is 0 Å². The van der Waals surface area contributed by atoms with Crippen LogP contribution in [0.15, 0.2) is 18.2 Å². The number of nitrogens with zero attached hydrogens (tertiary/aromatic N) is 2. The van der Waals surface area contributed by atoms with Crippen LogP contribution in [0.25, 0.3) is 0 Å². The summed E-state index contributed by atoms with van der Waals surface area (Å²) < 4.78 is 22.7. The van der Waals surface area contributed by atoms with E-state index in [9.17, 15) is 4.39 Å². The number of rotatable bonds is 6. The number of aromatic nitrogens is 2. The molecule has 3 N–H and O–H groups in total. The van der Waals surface area contributed by atoms with E-state index in [2.05, 4.69) is 28.9 Å². The second-order valence-electron chi connectivity index (χ2n) is 5.07. The molecule has 0 bridgehead atoms. The standard InChI is InChI=1S/C14H19FN4OS/c1-8(2)13-14(21-19-18-13)11(17-16)7-9-4-5-12(20-3)10(15)6-9/h4-6,8,11,17H,7,16H2,1-3H3. The number of methoxy groups -OCH3 is 1. The van der Waals surface area contributed by atoms with Gasteiger partial charge in [-0.15, -0.1) is 5.10 Å². The van der Waals surface area contributed by atoms with E-state index in [0.29, 0.717) is 6.42 Å². The monoisotopic (exact) mass is 310 g/mol. The average Bonchev–Trinajstić information content (AvgIpc) is 2.94. The molecule has 0 amide bonds. The van der Waals surface area contributed by atoms with Gasteiger partial charge in [-0.25, -0.2) is 4.39 Å². The van der Waals surface area contributed by atoms with Crippen molar-refractivity contribution in [1.82, 2.24) is 15.0 Å². The summed E-state index contributed by atoms with van der Waals surface area (Å²) in [6.07, 6.45) is 0.557. The van der Waals surface area contributed by atoms with E-state index in [0.717, 1.165) is 16.1 Å². The number of ether oxygens (including phenoxy) is 1. The normalized spacial score (nSPS) is 12.7. The van der Waals surface area contributed by atoms with Gasteiger partial charge in [0.1, 0.15) is 0 Å². The van der Waals surface area contributed by atoms with Crippen LogP contribution in [0.2, 0.25) is 0 Å². The van der Waals surface area contributed by atoms with Crippen LogP contribution >= 0.6 is 11.5 Å². The predicted octanol–water partition coefficient (Wildman–Crippen LogP) is 2.56. The Morgan fingerprint density at radius 2 is 2.19 bits per heavy atom. The van der Waals surface area contributed by atoms with Gasteiger partial charge in [-0.1, -0.05) is 24.4 Å². The zero-order valence-electron chi connectivity index (χ0n) is 12.3. The van der Waals surface area contributed by atoms with Gasteiger partial charge in [-0.2, -0.15) is 0 Å². The molecule has 1 aromatic carbocycles. The van der Waals surface area contributed by atoms with Crippen molar-refractivity contribution in [2.45, 2.75) is 32.2 Å². The summed E-state index contributed by atoms with van der Waals surface area (Å²) in [6, 6.07) is 4.77. The quantitative estimate of drug-likeness (QED) is 0.633. The van der Waals surface area contributed by atoms with Crippen LogP contribution in [0.5, 0.6) is 5.75 Å². The van der Waals surface area contributed by atoms with Gasteiger partial charge in [0, 0.05) is 0 Å². The summed E-state index contributed by atoms with van der Waals surface area (Å²) in [5, 5.41) is 4.15. The highest BCUT2D eigenvalue weighted by molar-refractivity contribution is 7.05. The summed E-state index contributed by atoms with van der Waals surface area (Å²) in [5.74, 6) is 5.78. The molecule has 0 fully saturated rings. The molecule has 0 aliphatic carbocycles. The van der Waals surface area contributed by atoms with Gasteiger partial charge < -0.3 is 4.74 Å². The van der Waals surface area contributed by atoms with E-state index >= 15 is 0 Å². The number of nitrogens with two attached hydrogens (primary N) is 1. The highest BCUT2D eigenvalue weighted by Crippen LogP contribution is 2.29. The number of benzene rings is 1. The number of hydrogen-bond acceptors (Lipinski definition) is 6. The largest absolute Gasteiger partial charge is 0.494 e. The summed E-state index contributed by atoms with van der Waals surface area (Å²) in [7, 11) is 1.44. The molecule has 0 saturated heterocycles. The minimum Gasteiger partial charge on any atom is -0.494 e. The maximum absolute atomic E-state index is 13.8. The Kier molecular flexibility index (Phi) is 5.22. The number of nitrogens with one attached hydrogen (secondary N) is 1. The molecule has 0 aliphatic rings. The van der Waals surface area contributed by atoms with Gasteiger partial charge in [-0.3, -0.25) is 11.3 Å². The molecule has 21 heavy (non-hydrogen) atoms. The van der Waals surface area contributed by atoms with E-state index in [1.54, 1.807) is 6.07 Å². The molecule has 0 radical (unpaired) electrons. The van der Waals surface area contributed by atoms with Gasteiger partial charge in [0.15, 0.2) is 11.6 Å². The predicted molar refractivity (Wildman–Crippen MR) is 80.7 cm³/mol. The molecule has 2 aromatic rings. The Balaban J connectivity index is 2.23. The Hall–Kier alpha value is -1.57. The molecule has 114 valence electrons. The Morgan fingerprint density at radius 1 is 1.43 bits per heavy atom. The van der Waals surface area contributed by atoms with Crippen molar-refractivity contribution in [3.63, 3.8) is 0 Å². The lowest BCUT2D eigenvalue weighted by molar-refractivity contribution is 0.386. The molecule has 1 atom stereocenters. The van der Waals surface area contributed by atoms with Crippen LogP contribution in [0.3, 0.4) is 0 Å². The molecule has 5 nitrogen and oxygen atoms in total. The third kappa shape index (κ3) is 3.55. The van der Waals surface area contributed by atoms with Crippen LogP contribution in [0.1, 0.15) is 41.9 Å². The summed E-state index contributed by atoms with van der Waals surface area (Å²) in [5.41, 5.74) is 4.53. The number of hydrazine groups is 1. The fraction of sp³-hybridized carbons (Fsp3) is 0.429. The van der Waals surface area contributed by atoms with E-state index in [1.165, 1.54) is 24.7 Å². The molecule has 0 saturated carbocycles. The van der Waals surface area contributed by atoms with Crippen molar-refractivity contribution >= 4 is 11.5 Å². The van der Waals surface area contributed by atoms with Crippen molar-refractivity contribution in [3.8, 4) is 5.75 Å². The van der Waals surface area contributed by atoms with Crippen molar-refractivity contribution < 1.29 is 9.13 Å². The van der Waals surface area contributed by atoms with Gasteiger partial charge in [0.2, 0.25) is 0 Å². The Morgan fingerprint density at radius 3 is 2.76 bits per heavy atom. The minimum atomic E-state index is -0.378. The number of hydrogen-bond donors (Lipinski definition) is 2. The maximum atomic E-state index is 13.8. The zero-order valence-corrected chi connectivity index (χ0v) is 13.1. The second kappa shape index (κ2) is 6.93. The fourth-order valence-corrected chi connectivity index (χ4v) is 3.01. The fourth-order valence-electron chi connectivity index (χ4n) is 2.15. The van der Waals surface area contributed by atoms with E-state index in [1.807, 2.05) is 6.07 Å². The molecule has 1 heterocycles. The molecule has 2 rings (SSSR count). The summed E-state index contributed by atoms with van der Waals surface area (Å²) in [4.78, 5) is 0.990. The summed E-state index contributed by atoms with van der Waals surface area (Å²) >= 11 is 1.32. The van der Waals surface area contributed by atoms with Gasteiger partial charge in [0.05, 0.1) is 23.7 Å². The Labute approximate surface area is 127 Å². The van der Waals surface area contributed by atoms with E-state index in [4.69, 9.17) is 10.6 Å². The topological polar surface area (TPSA) is 73.1 Å². The first-order valence-electron chi connectivity index (χ1n) is 6.67. The van der Waals surface area contributed by atoms with Gasteiger partial charge >= 0.3 is 0 Å². The maximum Gasteiger partial charge on any atom is 0.165 e. The molecule has 1 unspecified atom stereocenters.